The highest BCUT2D eigenvalue weighted by Gasteiger charge is 2.32. The Kier molecular flexibility index (Phi) is 5.90. The van der Waals surface area contributed by atoms with Crippen LogP contribution in [0.1, 0.15) is 58.6 Å². The minimum atomic E-state index is -0.671. The van der Waals surface area contributed by atoms with Gasteiger partial charge in [0, 0.05) is 25.4 Å². The van der Waals surface area contributed by atoms with E-state index in [1.54, 1.807) is 15.8 Å². The van der Waals surface area contributed by atoms with Crippen LogP contribution in [0.3, 0.4) is 0 Å². The molecule has 2 saturated heterocycles. The molecule has 9 heteroatoms. The van der Waals surface area contributed by atoms with Crippen molar-refractivity contribution in [3.8, 4) is 0 Å². The van der Waals surface area contributed by atoms with Crippen LogP contribution in [0.4, 0.5) is 11.5 Å². The molecule has 3 N–H and O–H groups in total. The van der Waals surface area contributed by atoms with Gasteiger partial charge in [-0.2, -0.15) is 5.10 Å². The molecule has 2 aliphatic heterocycles. The molecule has 4 heterocycles. The Hall–Kier alpha value is -2.68. The quantitative estimate of drug-likeness (QED) is 0.746. The van der Waals surface area contributed by atoms with Crippen LogP contribution < -0.4 is 11.1 Å². The van der Waals surface area contributed by atoms with Crippen molar-refractivity contribution in [1.82, 2.24) is 19.7 Å². The summed E-state index contributed by atoms with van der Waals surface area (Å²) in [5.74, 6) is -0.420. The van der Waals surface area contributed by atoms with E-state index in [1.807, 2.05) is 6.92 Å². The fraction of sp³-hybridized carbons (Fsp3) is 0.619. The first-order valence-corrected chi connectivity index (χ1v) is 10.8. The Morgan fingerprint density at radius 2 is 2.13 bits per heavy atom. The third-order valence-electron chi connectivity index (χ3n) is 6.31. The third kappa shape index (κ3) is 3.98. The second-order valence-electron chi connectivity index (χ2n) is 8.36. The molecule has 4 rings (SSSR count). The number of pyridine rings is 1. The summed E-state index contributed by atoms with van der Waals surface area (Å²) in [4.78, 5) is 31.5. The summed E-state index contributed by atoms with van der Waals surface area (Å²) in [5.41, 5.74) is 6.92. The molecular formula is C21H30N6O3. The number of carbonyl (C=O) groups is 2. The summed E-state index contributed by atoms with van der Waals surface area (Å²) in [6.07, 6.45) is 9.07. The summed E-state index contributed by atoms with van der Waals surface area (Å²) in [6.45, 7) is 5.42. The molecule has 3 unspecified atom stereocenters. The van der Waals surface area contributed by atoms with Gasteiger partial charge in [-0.25, -0.2) is 9.67 Å². The SMILES string of the molecule is CCC1CCC(C)N(C(=O)C(=O)Nc2cnc(N)c3cn(C4CCCCO4)nc23)C1. The molecule has 0 bridgehead atoms. The number of anilines is 2. The molecule has 162 valence electrons. The van der Waals surface area contributed by atoms with Gasteiger partial charge < -0.3 is 20.7 Å². The first-order valence-electron chi connectivity index (χ1n) is 10.8. The van der Waals surface area contributed by atoms with Gasteiger partial charge in [-0.15, -0.1) is 0 Å². The Labute approximate surface area is 175 Å². The molecule has 0 aliphatic carbocycles. The lowest BCUT2D eigenvalue weighted by Gasteiger charge is -2.37. The zero-order valence-electron chi connectivity index (χ0n) is 17.6. The highest BCUT2D eigenvalue weighted by atomic mass is 16.5. The lowest BCUT2D eigenvalue weighted by Crippen LogP contribution is -2.49. The van der Waals surface area contributed by atoms with E-state index in [4.69, 9.17) is 10.5 Å². The summed E-state index contributed by atoms with van der Waals surface area (Å²) in [5, 5.41) is 7.94. The number of hydrogen-bond acceptors (Lipinski definition) is 6. The van der Waals surface area contributed by atoms with Gasteiger partial charge in [-0.3, -0.25) is 9.59 Å². The molecular weight excluding hydrogens is 384 g/mol. The molecule has 0 radical (unpaired) electrons. The van der Waals surface area contributed by atoms with E-state index < -0.39 is 11.8 Å². The van der Waals surface area contributed by atoms with Crippen molar-refractivity contribution in [3.63, 3.8) is 0 Å². The molecule has 0 aromatic carbocycles. The second-order valence-corrected chi connectivity index (χ2v) is 8.36. The zero-order valence-corrected chi connectivity index (χ0v) is 17.6. The van der Waals surface area contributed by atoms with Crippen LogP contribution in [-0.2, 0) is 14.3 Å². The first kappa shape index (κ1) is 20.6. The maximum atomic E-state index is 12.9. The number of nitrogens with one attached hydrogen (secondary N) is 1. The average Bonchev–Trinajstić information content (AvgIpc) is 3.23. The summed E-state index contributed by atoms with van der Waals surface area (Å²) < 4.78 is 7.53. The van der Waals surface area contributed by atoms with Crippen molar-refractivity contribution in [2.45, 2.75) is 64.6 Å². The third-order valence-corrected chi connectivity index (χ3v) is 6.31. The van der Waals surface area contributed by atoms with Crippen molar-refractivity contribution >= 4 is 34.2 Å². The Balaban J connectivity index is 1.55. The van der Waals surface area contributed by atoms with Crippen LogP contribution in [0, 0.1) is 5.92 Å². The minimum Gasteiger partial charge on any atom is -0.383 e. The zero-order chi connectivity index (χ0) is 21.3. The van der Waals surface area contributed by atoms with E-state index in [-0.39, 0.29) is 12.3 Å². The van der Waals surface area contributed by atoms with Gasteiger partial charge in [-0.05, 0) is 44.9 Å². The van der Waals surface area contributed by atoms with Crippen molar-refractivity contribution in [2.75, 3.05) is 24.2 Å². The number of nitrogen functional groups attached to an aromatic ring is 1. The van der Waals surface area contributed by atoms with E-state index in [2.05, 4.69) is 22.3 Å². The maximum Gasteiger partial charge on any atom is 0.314 e. The number of fused-ring (bicyclic) bond motifs is 1. The summed E-state index contributed by atoms with van der Waals surface area (Å²) in [7, 11) is 0. The van der Waals surface area contributed by atoms with Crippen molar-refractivity contribution < 1.29 is 14.3 Å². The molecule has 2 fully saturated rings. The average molecular weight is 415 g/mol. The maximum absolute atomic E-state index is 12.9. The largest absolute Gasteiger partial charge is 0.383 e. The number of aromatic nitrogens is 3. The molecule has 0 spiro atoms. The van der Waals surface area contributed by atoms with E-state index in [0.29, 0.717) is 41.5 Å². The highest BCUT2D eigenvalue weighted by molar-refractivity contribution is 6.40. The fourth-order valence-electron chi connectivity index (χ4n) is 4.32. The minimum absolute atomic E-state index is 0.0540. The number of carbonyl (C=O) groups excluding carboxylic acids is 2. The molecule has 2 aromatic rings. The molecule has 30 heavy (non-hydrogen) atoms. The van der Waals surface area contributed by atoms with Crippen LogP contribution in [-0.4, -0.2) is 50.7 Å². The van der Waals surface area contributed by atoms with E-state index in [9.17, 15) is 9.59 Å². The van der Waals surface area contributed by atoms with E-state index >= 15 is 0 Å². The molecule has 2 aliphatic rings. The molecule has 0 saturated carbocycles. The van der Waals surface area contributed by atoms with Gasteiger partial charge in [0.2, 0.25) is 0 Å². The first-order chi connectivity index (χ1) is 14.5. The van der Waals surface area contributed by atoms with Gasteiger partial charge in [0.15, 0.2) is 0 Å². The Morgan fingerprint density at radius 1 is 1.30 bits per heavy atom. The standard InChI is InChI=1S/C21H30N6O3/c1-3-14-8-7-13(2)26(11-14)21(29)20(28)24-16-10-23-19(22)15-12-27(25-18(15)16)17-6-4-5-9-30-17/h10,12-14,17H,3-9,11H2,1-2H3,(H2,22,23)(H,24,28). The highest BCUT2D eigenvalue weighted by Crippen LogP contribution is 2.30. The number of hydrogen-bond donors (Lipinski definition) is 2. The molecule has 9 nitrogen and oxygen atoms in total. The van der Waals surface area contributed by atoms with Gasteiger partial charge in [0.05, 0.1) is 17.3 Å². The molecule has 3 atom stereocenters. The van der Waals surface area contributed by atoms with Crippen molar-refractivity contribution in [3.05, 3.63) is 12.4 Å². The van der Waals surface area contributed by atoms with Gasteiger partial charge in [0.25, 0.3) is 0 Å². The lowest BCUT2D eigenvalue weighted by molar-refractivity contribution is -0.146. The van der Waals surface area contributed by atoms with Crippen LogP contribution >= 0.6 is 0 Å². The lowest BCUT2D eigenvalue weighted by atomic mass is 9.91. The number of amides is 2. The van der Waals surface area contributed by atoms with Crippen LogP contribution in [0.5, 0.6) is 0 Å². The molecule has 2 aromatic heterocycles. The molecule has 2 amide bonds. The van der Waals surface area contributed by atoms with Crippen LogP contribution in [0.15, 0.2) is 12.4 Å². The van der Waals surface area contributed by atoms with Gasteiger partial charge in [0.1, 0.15) is 17.6 Å². The fourth-order valence-corrected chi connectivity index (χ4v) is 4.32. The summed E-state index contributed by atoms with van der Waals surface area (Å²) >= 11 is 0. The number of ether oxygens (including phenoxy) is 1. The predicted molar refractivity (Wildman–Crippen MR) is 114 cm³/mol. The van der Waals surface area contributed by atoms with Crippen molar-refractivity contribution in [2.24, 2.45) is 5.92 Å². The van der Waals surface area contributed by atoms with Crippen LogP contribution in [0.25, 0.3) is 10.9 Å². The number of rotatable bonds is 3. The van der Waals surface area contributed by atoms with Gasteiger partial charge in [-0.1, -0.05) is 13.3 Å². The number of piperidine rings is 1. The predicted octanol–water partition coefficient (Wildman–Crippen LogP) is 2.69. The monoisotopic (exact) mass is 414 g/mol. The van der Waals surface area contributed by atoms with E-state index in [1.165, 1.54) is 6.20 Å². The smallest absolute Gasteiger partial charge is 0.314 e. The number of nitrogens with two attached hydrogens (primary N) is 1. The number of nitrogens with zero attached hydrogens (tertiary/aromatic N) is 4. The summed E-state index contributed by atoms with van der Waals surface area (Å²) in [6, 6.07) is 0.0540. The topological polar surface area (TPSA) is 115 Å². The van der Waals surface area contributed by atoms with Crippen molar-refractivity contribution in [1.29, 1.82) is 0 Å². The second kappa shape index (κ2) is 8.59. The Morgan fingerprint density at radius 3 is 2.87 bits per heavy atom. The van der Waals surface area contributed by atoms with E-state index in [0.717, 1.165) is 38.5 Å². The van der Waals surface area contributed by atoms with Gasteiger partial charge >= 0.3 is 11.8 Å². The Bertz CT molecular complexity index is 936. The number of likely N-dealkylation sites (tertiary alicyclic amines) is 1. The van der Waals surface area contributed by atoms with Crippen LogP contribution in [0.2, 0.25) is 0 Å². The normalized spacial score (nSPS) is 24.7.